The Morgan fingerprint density at radius 1 is 1.15 bits per heavy atom. The highest BCUT2D eigenvalue weighted by Crippen LogP contribution is 2.14. The molecule has 0 spiro atoms. The van der Waals surface area contributed by atoms with Gasteiger partial charge in [0.1, 0.15) is 5.01 Å². The molecule has 0 aromatic carbocycles. The summed E-state index contributed by atoms with van der Waals surface area (Å²) in [4.78, 5) is 7.28. The van der Waals surface area contributed by atoms with Crippen molar-refractivity contribution in [2.24, 2.45) is 11.8 Å². The van der Waals surface area contributed by atoms with Crippen LogP contribution in [0, 0.1) is 11.8 Å². The lowest BCUT2D eigenvalue weighted by molar-refractivity contribution is 0.233. The maximum atomic E-state index is 4.71. The van der Waals surface area contributed by atoms with Gasteiger partial charge in [-0.1, -0.05) is 27.7 Å². The van der Waals surface area contributed by atoms with E-state index in [2.05, 4.69) is 43.3 Å². The molecule has 0 radical (unpaired) electrons. The molecule has 20 heavy (non-hydrogen) atoms. The van der Waals surface area contributed by atoms with Crippen LogP contribution in [-0.4, -0.2) is 30.0 Å². The van der Waals surface area contributed by atoms with E-state index in [-0.39, 0.29) is 0 Å². The van der Waals surface area contributed by atoms with E-state index in [0.29, 0.717) is 0 Å². The Kier molecular flexibility index (Phi) is 8.34. The molecule has 0 amide bonds. The Hall–Kier alpha value is -0.450. The molecule has 3 nitrogen and oxygen atoms in total. The zero-order chi connectivity index (χ0) is 15.0. The molecule has 116 valence electrons. The second-order valence-corrected chi connectivity index (χ2v) is 7.35. The number of thiazole rings is 1. The fraction of sp³-hybridized carbons (Fsp3) is 0.812. The lowest BCUT2D eigenvalue weighted by Gasteiger charge is -2.23. The minimum atomic E-state index is 0.770. The summed E-state index contributed by atoms with van der Waals surface area (Å²) in [6.07, 6.45) is 2.54. The van der Waals surface area contributed by atoms with E-state index in [1.54, 1.807) is 11.3 Å². The summed E-state index contributed by atoms with van der Waals surface area (Å²) in [5.41, 5.74) is 1.23. The summed E-state index contributed by atoms with van der Waals surface area (Å²) < 4.78 is 0. The van der Waals surface area contributed by atoms with Crippen molar-refractivity contribution >= 4 is 11.3 Å². The van der Waals surface area contributed by atoms with Gasteiger partial charge in [-0.3, -0.25) is 4.90 Å². The first kappa shape index (κ1) is 17.6. The lowest BCUT2D eigenvalue weighted by Crippen LogP contribution is -2.27. The van der Waals surface area contributed by atoms with Gasteiger partial charge in [-0.2, -0.15) is 0 Å². The fourth-order valence-electron chi connectivity index (χ4n) is 2.03. The summed E-state index contributed by atoms with van der Waals surface area (Å²) in [6.45, 7) is 13.4. The van der Waals surface area contributed by atoms with E-state index in [9.17, 15) is 0 Å². The standard InChI is InChI=1S/C16H31N3S/c1-13(2)6-8-19(9-7-14(3)4)11-15-12-20-16(18-15)10-17-5/h12-14,17H,6-11H2,1-5H3. The van der Waals surface area contributed by atoms with Crippen LogP contribution in [0.5, 0.6) is 0 Å². The van der Waals surface area contributed by atoms with Gasteiger partial charge in [-0.05, 0) is 44.8 Å². The van der Waals surface area contributed by atoms with Gasteiger partial charge in [0.05, 0.1) is 5.69 Å². The van der Waals surface area contributed by atoms with Crippen LogP contribution in [0.2, 0.25) is 0 Å². The monoisotopic (exact) mass is 297 g/mol. The normalized spacial score (nSPS) is 12.0. The van der Waals surface area contributed by atoms with Crippen LogP contribution in [0.25, 0.3) is 0 Å². The van der Waals surface area contributed by atoms with Crippen LogP contribution in [-0.2, 0) is 13.1 Å². The molecule has 0 saturated heterocycles. The van der Waals surface area contributed by atoms with E-state index >= 15 is 0 Å². The Morgan fingerprint density at radius 2 is 1.75 bits per heavy atom. The van der Waals surface area contributed by atoms with Gasteiger partial charge in [0.2, 0.25) is 0 Å². The van der Waals surface area contributed by atoms with Crippen LogP contribution in [0.1, 0.15) is 51.2 Å². The zero-order valence-electron chi connectivity index (χ0n) is 13.8. The van der Waals surface area contributed by atoms with Gasteiger partial charge < -0.3 is 5.32 Å². The number of rotatable bonds is 10. The summed E-state index contributed by atoms with van der Waals surface area (Å²) in [5.74, 6) is 1.54. The Balaban J connectivity index is 2.52. The quantitative estimate of drug-likeness (QED) is 0.713. The molecule has 0 bridgehead atoms. The third-order valence-electron chi connectivity index (χ3n) is 3.36. The van der Waals surface area contributed by atoms with E-state index in [4.69, 9.17) is 4.98 Å². The number of hydrogen-bond acceptors (Lipinski definition) is 4. The first-order valence-corrected chi connectivity index (χ1v) is 8.69. The van der Waals surface area contributed by atoms with Gasteiger partial charge >= 0.3 is 0 Å². The van der Waals surface area contributed by atoms with Crippen molar-refractivity contribution < 1.29 is 0 Å². The molecular formula is C16H31N3S. The average molecular weight is 298 g/mol. The van der Waals surface area contributed by atoms with Gasteiger partial charge in [0, 0.05) is 18.5 Å². The van der Waals surface area contributed by atoms with E-state index in [0.717, 1.165) is 24.9 Å². The molecule has 0 unspecified atom stereocenters. The van der Waals surface area contributed by atoms with Crippen molar-refractivity contribution in [3.05, 3.63) is 16.1 Å². The van der Waals surface area contributed by atoms with Crippen molar-refractivity contribution in [2.75, 3.05) is 20.1 Å². The highest BCUT2D eigenvalue weighted by molar-refractivity contribution is 7.09. The smallest absolute Gasteiger partial charge is 0.107 e. The van der Waals surface area contributed by atoms with Gasteiger partial charge in [-0.25, -0.2) is 4.98 Å². The summed E-state index contributed by atoms with van der Waals surface area (Å²) >= 11 is 1.76. The molecule has 0 saturated carbocycles. The third-order valence-corrected chi connectivity index (χ3v) is 4.26. The third kappa shape index (κ3) is 7.36. The molecule has 0 atom stereocenters. The topological polar surface area (TPSA) is 28.2 Å². The molecule has 1 heterocycles. The fourth-order valence-corrected chi connectivity index (χ4v) is 2.83. The van der Waals surface area contributed by atoms with Crippen LogP contribution in [0.15, 0.2) is 5.38 Å². The first-order chi connectivity index (χ1) is 9.51. The molecule has 1 aromatic rings. The Bertz CT molecular complexity index is 348. The molecule has 0 fully saturated rings. The molecular weight excluding hydrogens is 266 g/mol. The van der Waals surface area contributed by atoms with Crippen LogP contribution in [0.3, 0.4) is 0 Å². The second kappa shape index (κ2) is 9.48. The average Bonchev–Trinajstić information content (AvgIpc) is 2.80. The summed E-state index contributed by atoms with van der Waals surface area (Å²) in [7, 11) is 1.97. The maximum Gasteiger partial charge on any atom is 0.107 e. The predicted octanol–water partition coefficient (Wildman–Crippen LogP) is 3.76. The molecule has 0 aliphatic heterocycles. The van der Waals surface area contributed by atoms with Gasteiger partial charge in [0.25, 0.3) is 0 Å². The molecule has 4 heteroatoms. The number of hydrogen-bond donors (Lipinski definition) is 1. The predicted molar refractivity (Wildman–Crippen MR) is 89.1 cm³/mol. The van der Waals surface area contributed by atoms with Gasteiger partial charge in [-0.15, -0.1) is 11.3 Å². The summed E-state index contributed by atoms with van der Waals surface area (Å²) in [5, 5.41) is 6.57. The van der Waals surface area contributed by atoms with E-state index in [1.165, 1.54) is 36.6 Å². The van der Waals surface area contributed by atoms with Crippen molar-refractivity contribution in [1.82, 2.24) is 15.2 Å². The molecule has 1 N–H and O–H groups in total. The van der Waals surface area contributed by atoms with Crippen molar-refractivity contribution in [3.8, 4) is 0 Å². The summed E-state index contributed by atoms with van der Waals surface area (Å²) in [6, 6.07) is 0. The van der Waals surface area contributed by atoms with E-state index < -0.39 is 0 Å². The van der Waals surface area contributed by atoms with Crippen LogP contribution < -0.4 is 5.32 Å². The molecule has 1 aromatic heterocycles. The lowest BCUT2D eigenvalue weighted by atomic mass is 10.1. The molecule has 0 aliphatic rings. The highest BCUT2D eigenvalue weighted by Gasteiger charge is 2.10. The Morgan fingerprint density at radius 3 is 2.25 bits per heavy atom. The second-order valence-electron chi connectivity index (χ2n) is 6.40. The Labute approximate surface area is 128 Å². The number of nitrogens with zero attached hydrogens (tertiary/aromatic N) is 2. The number of aromatic nitrogens is 1. The molecule has 0 aliphatic carbocycles. The van der Waals surface area contributed by atoms with E-state index in [1.807, 2.05) is 7.05 Å². The maximum absolute atomic E-state index is 4.71. The zero-order valence-corrected chi connectivity index (χ0v) is 14.6. The largest absolute Gasteiger partial charge is 0.314 e. The SMILES string of the molecule is CNCc1nc(CN(CCC(C)C)CCC(C)C)cs1. The first-order valence-electron chi connectivity index (χ1n) is 7.81. The minimum absolute atomic E-state index is 0.770. The van der Waals surface area contributed by atoms with Crippen molar-refractivity contribution in [3.63, 3.8) is 0 Å². The van der Waals surface area contributed by atoms with Crippen molar-refractivity contribution in [2.45, 2.75) is 53.6 Å². The van der Waals surface area contributed by atoms with Crippen LogP contribution in [0.4, 0.5) is 0 Å². The minimum Gasteiger partial charge on any atom is -0.314 e. The highest BCUT2D eigenvalue weighted by atomic mass is 32.1. The van der Waals surface area contributed by atoms with Gasteiger partial charge in [0.15, 0.2) is 0 Å². The van der Waals surface area contributed by atoms with Crippen molar-refractivity contribution in [1.29, 1.82) is 0 Å². The number of nitrogens with one attached hydrogen (secondary N) is 1. The molecule has 1 rings (SSSR count). The van der Waals surface area contributed by atoms with Crippen LogP contribution >= 0.6 is 11.3 Å².